The maximum atomic E-state index is 12.7. The van der Waals surface area contributed by atoms with E-state index in [2.05, 4.69) is 27.3 Å². The summed E-state index contributed by atoms with van der Waals surface area (Å²) >= 11 is 1.50. The molecule has 1 aliphatic rings. The van der Waals surface area contributed by atoms with Crippen molar-refractivity contribution >= 4 is 29.0 Å². The standard InChI is InChI=1S/C24H26N4O2S/c1-18-10-16-31-22(18)24(30)28-14-12-27(13-15-28)21-8-7-20(17-26-21)23(29)25-11-9-19-5-3-2-4-6-19/h2-8,10,16-17H,9,11-15H2,1H3,(H,25,29). The van der Waals surface area contributed by atoms with Crippen LogP contribution in [0.25, 0.3) is 0 Å². The van der Waals surface area contributed by atoms with Gasteiger partial charge in [-0.05, 0) is 48.1 Å². The third-order valence-corrected chi connectivity index (χ3v) is 6.50. The van der Waals surface area contributed by atoms with E-state index in [1.807, 2.05) is 53.6 Å². The van der Waals surface area contributed by atoms with Gasteiger partial charge in [-0.1, -0.05) is 30.3 Å². The van der Waals surface area contributed by atoms with Gasteiger partial charge < -0.3 is 15.1 Å². The molecule has 31 heavy (non-hydrogen) atoms. The Morgan fingerprint density at radius 3 is 2.45 bits per heavy atom. The van der Waals surface area contributed by atoms with Crippen LogP contribution in [-0.2, 0) is 6.42 Å². The van der Waals surface area contributed by atoms with Gasteiger partial charge >= 0.3 is 0 Å². The Kier molecular flexibility index (Phi) is 6.62. The number of aromatic nitrogens is 1. The summed E-state index contributed by atoms with van der Waals surface area (Å²) in [5.74, 6) is 0.833. The molecular weight excluding hydrogens is 408 g/mol. The zero-order valence-electron chi connectivity index (χ0n) is 17.6. The third kappa shape index (κ3) is 5.11. The van der Waals surface area contributed by atoms with Crippen LogP contribution >= 0.6 is 11.3 Å². The van der Waals surface area contributed by atoms with Gasteiger partial charge in [-0.15, -0.1) is 11.3 Å². The highest BCUT2D eigenvalue weighted by molar-refractivity contribution is 7.12. The van der Waals surface area contributed by atoms with Gasteiger partial charge in [0, 0.05) is 38.9 Å². The van der Waals surface area contributed by atoms with Crippen LogP contribution in [0.15, 0.2) is 60.1 Å². The second-order valence-corrected chi connectivity index (χ2v) is 8.52. The number of carbonyl (C=O) groups is 2. The molecule has 0 aliphatic carbocycles. The van der Waals surface area contributed by atoms with E-state index >= 15 is 0 Å². The number of amides is 2. The van der Waals surface area contributed by atoms with Gasteiger partial charge in [-0.25, -0.2) is 4.98 Å². The van der Waals surface area contributed by atoms with Crippen LogP contribution in [0.1, 0.15) is 31.2 Å². The van der Waals surface area contributed by atoms with Crippen molar-refractivity contribution in [1.29, 1.82) is 0 Å². The third-order valence-electron chi connectivity index (χ3n) is 5.50. The summed E-state index contributed by atoms with van der Waals surface area (Å²) in [5, 5.41) is 4.91. The highest BCUT2D eigenvalue weighted by atomic mass is 32.1. The van der Waals surface area contributed by atoms with E-state index in [0.717, 1.165) is 35.8 Å². The molecule has 0 atom stereocenters. The SMILES string of the molecule is Cc1ccsc1C(=O)N1CCN(c2ccc(C(=O)NCCc3ccccc3)cn2)CC1. The zero-order valence-corrected chi connectivity index (χ0v) is 18.4. The topological polar surface area (TPSA) is 65.5 Å². The quantitative estimate of drug-likeness (QED) is 0.646. The molecule has 0 bridgehead atoms. The molecule has 2 aromatic heterocycles. The van der Waals surface area contributed by atoms with Crippen LogP contribution < -0.4 is 10.2 Å². The summed E-state index contributed by atoms with van der Waals surface area (Å²) in [6, 6.07) is 15.8. The minimum atomic E-state index is -0.114. The molecule has 0 unspecified atom stereocenters. The molecule has 1 aromatic carbocycles. The minimum Gasteiger partial charge on any atom is -0.353 e. The van der Waals surface area contributed by atoms with E-state index in [1.54, 1.807) is 6.20 Å². The molecular formula is C24H26N4O2S. The lowest BCUT2D eigenvalue weighted by atomic mass is 10.1. The van der Waals surface area contributed by atoms with Crippen molar-refractivity contribution in [1.82, 2.24) is 15.2 Å². The van der Waals surface area contributed by atoms with Crippen LogP contribution in [0.5, 0.6) is 0 Å². The Balaban J connectivity index is 1.27. The summed E-state index contributed by atoms with van der Waals surface area (Å²) in [7, 11) is 0. The lowest BCUT2D eigenvalue weighted by molar-refractivity contribution is 0.0750. The van der Waals surface area contributed by atoms with E-state index < -0.39 is 0 Å². The van der Waals surface area contributed by atoms with Gasteiger partial charge in [0.15, 0.2) is 0 Å². The first-order valence-electron chi connectivity index (χ1n) is 10.5. The van der Waals surface area contributed by atoms with Crippen molar-refractivity contribution < 1.29 is 9.59 Å². The maximum Gasteiger partial charge on any atom is 0.264 e. The van der Waals surface area contributed by atoms with Gasteiger partial charge in [0.2, 0.25) is 0 Å². The van der Waals surface area contributed by atoms with E-state index in [4.69, 9.17) is 0 Å². The lowest BCUT2D eigenvalue weighted by Crippen LogP contribution is -2.49. The second-order valence-electron chi connectivity index (χ2n) is 7.61. The second kappa shape index (κ2) is 9.75. The number of pyridine rings is 1. The molecule has 1 aliphatic heterocycles. The van der Waals surface area contributed by atoms with Gasteiger partial charge in [0.1, 0.15) is 5.82 Å². The number of carbonyl (C=O) groups excluding carboxylic acids is 2. The van der Waals surface area contributed by atoms with Gasteiger partial charge in [0.25, 0.3) is 11.8 Å². The molecule has 3 heterocycles. The number of hydrogen-bond acceptors (Lipinski definition) is 5. The predicted molar refractivity (Wildman–Crippen MR) is 124 cm³/mol. The van der Waals surface area contributed by atoms with E-state index in [1.165, 1.54) is 16.9 Å². The van der Waals surface area contributed by atoms with Crippen molar-refractivity contribution in [3.8, 4) is 0 Å². The molecule has 2 amide bonds. The molecule has 0 saturated carbocycles. The molecule has 1 fully saturated rings. The van der Waals surface area contributed by atoms with Crippen LogP contribution in [0.2, 0.25) is 0 Å². The van der Waals surface area contributed by atoms with Crippen LogP contribution in [-0.4, -0.2) is 54.4 Å². The largest absolute Gasteiger partial charge is 0.353 e. The van der Waals surface area contributed by atoms with Gasteiger partial charge in [-0.3, -0.25) is 9.59 Å². The van der Waals surface area contributed by atoms with Gasteiger partial charge in [-0.2, -0.15) is 0 Å². The van der Waals surface area contributed by atoms with Crippen molar-refractivity contribution in [2.24, 2.45) is 0 Å². The summed E-state index contributed by atoms with van der Waals surface area (Å²) in [5.41, 5.74) is 2.79. The summed E-state index contributed by atoms with van der Waals surface area (Å²) < 4.78 is 0. The van der Waals surface area contributed by atoms with Crippen molar-refractivity contribution in [2.75, 3.05) is 37.6 Å². The first-order valence-corrected chi connectivity index (χ1v) is 11.4. The Bertz CT molecular complexity index is 1030. The lowest BCUT2D eigenvalue weighted by Gasteiger charge is -2.35. The number of anilines is 1. The summed E-state index contributed by atoms with van der Waals surface area (Å²) in [6.07, 6.45) is 2.42. The summed E-state index contributed by atoms with van der Waals surface area (Å²) in [4.78, 5) is 34.4. The van der Waals surface area contributed by atoms with Crippen LogP contribution in [0.4, 0.5) is 5.82 Å². The molecule has 0 radical (unpaired) electrons. The number of thiophene rings is 1. The molecule has 7 heteroatoms. The fourth-order valence-electron chi connectivity index (χ4n) is 3.65. The number of nitrogens with one attached hydrogen (secondary N) is 1. The number of hydrogen-bond donors (Lipinski definition) is 1. The predicted octanol–water partition coefficient (Wildman–Crippen LogP) is 3.39. The van der Waals surface area contributed by atoms with E-state index in [0.29, 0.717) is 25.2 Å². The fraction of sp³-hybridized carbons (Fsp3) is 0.292. The molecule has 6 nitrogen and oxygen atoms in total. The molecule has 3 aromatic rings. The number of benzene rings is 1. The average molecular weight is 435 g/mol. The van der Waals surface area contributed by atoms with Crippen molar-refractivity contribution in [3.05, 3.63) is 81.7 Å². The molecule has 1 saturated heterocycles. The summed E-state index contributed by atoms with van der Waals surface area (Å²) in [6.45, 7) is 5.35. The normalized spacial score (nSPS) is 13.8. The number of rotatable bonds is 6. The van der Waals surface area contributed by atoms with E-state index in [-0.39, 0.29) is 11.8 Å². The van der Waals surface area contributed by atoms with Crippen LogP contribution in [0.3, 0.4) is 0 Å². The van der Waals surface area contributed by atoms with E-state index in [9.17, 15) is 9.59 Å². The molecule has 4 rings (SSSR count). The minimum absolute atomic E-state index is 0.114. The van der Waals surface area contributed by atoms with Crippen molar-refractivity contribution in [3.63, 3.8) is 0 Å². The molecule has 160 valence electrons. The molecule has 0 spiro atoms. The fourth-order valence-corrected chi connectivity index (χ4v) is 4.54. The average Bonchev–Trinajstić information content (AvgIpc) is 3.25. The Morgan fingerprint density at radius 2 is 1.81 bits per heavy atom. The monoisotopic (exact) mass is 434 g/mol. The van der Waals surface area contributed by atoms with Crippen molar-refractivity contribution in [2.45, 2.75) is 13.3 Å². The highest BCUT2D eigenvalue weighted by Gasteiger charge is 2.24. The Hall–Kier alpha value is -3.19. The maximum absolute atomic E-state index is 12.7. The van der Waals surface area contributed by atoms with Crippen LogP contribution in [0, 0.1) is 6.92 Å². The number of aryl methyl sites for hydroxylation is 1. The first-order chi connectivity index (χ1) is 15.1. The first kappa shape index (κ1) is 21.1. The Morgan fingerprint density at radius 1 is 1.03 bits per heavy atom. The van der Waals surface area contributed by atoms with Gasteiger partial charge in [0.05, 0.1) is 10.4 Å². The highest BCUT2D eigenvalue weighted by Crippen LogP contribution is 2.20. The Labute approximate surface area is 186 Å². The zero-order chi connectivity index (χ0) is 21.6. The smallest absolute Gasteiger partial charge is 0.264 e. The number of piperazine rings is 1. The number of nitrogens with zero attached hydrogens (tertiary/aromatic N) is 3. The molecule has 1 N–H and O–H groups in total.